The smallest absolute Gasteiger partial charge is 0.310 e. The van der Waals surface area contributed by atoms with E-state index < -0.39 is 0 Å². The van der Waals surface area contributed by atoms with Crippen molar-refractivity contribution in [1.82, 2.24) is 9.88 Å². The zero-order valence-electron chi connectivity index (χ0n) is 10.8. The quantitative estimate of drug-likeness (QED) is 0.749. The average Bonchev–Trinajstić information content (AvgIpc) is 2.87. The lowest BCUT2D eigenvalue weighted by molar-refractivity contribution is -0.144. The predicted octanol–water partition coefficient (Wildman–Crippen LogP) is 1.09. The van der Waals surface area contributed by atoms with Gasteiger partial charge in [-0.3, -0.25) is 9.69 Å². The third-order valence-corrected chi connectivity index (χ3v) is 3.24. The molecule has 0 radical (unpaired) electrons. The highest BCUT2D eigenvalue weighted by Gasteiger charge is 2.29. The predicted molar refractivity (Wildman–Crippen MR) is 66.2 cm³/mol. The van der Waals surface area contributed by atoms with Gasteiger partial charge < -0.3 is 9.47 Å². The molecule has 0 aliphatic carbocycles. The van der Waals surface area contributed by atoms with E-state index in [4.69, 9.17) is 9.47 Å². The summed E-state index contributed by atoms with van der Waals surface area (Å²) >= 11 is 0. The molecule has 1 aromatic rings. The number of aromatic nitrogens is 1. The molecular weight excluding hydrogens is 232 g/mol. The van der Waals surface area contributed by atoms with Crippen molar-refractivity contribution in [3.8, 4) is 5.88 Å². The molecule has 0 N–H and O–H groups in total. The Hall–Kier alpha value is -1.62. The Bertz CT molecular complexity index is 422. The number of nitrogens with zero attached hydrogens (tertiary/aromatic N) is 2. The van der Waals surface area contributed by atoms with Crippen LogP contribution in [0.5, 0.6) is 5.88 Å². The lowest BCUT2D eigenvalue weighted by Crippen LogP contribution is -2.23. The summed E-state index contributed by atoms with van der Waals surface area (Å²) in [6.45, 7) is 2.40. The number of ether oxygens (including phenoxy) is 2. The van der Waals surface area contributed by atoms with Crippen LogP contribution >= 0.6 is 0 Å². The maximum absolute atomic E-state index is 11.4. The molecule has 2 heterocycles. The molecule has 1 aliphatic rings. The highest BCUT2D eigenvalue weighted by molar-refractivity contribution is 5.72. The first-order chi connectivity index (χ1) is 8.74. The van der Waals surface area contributed by atoms with Crippen LogP contribution in [0.2, 0.25) is 0 Å². The van der Waals surface area contributed by atoms with E-state index in [1.165, 1.54) is 7.11 Å². The lowest BCUT2D eigenvalue weighted by Gasteiger charge is -2.16. The third-order valence-electron chi connectivity index (χ3n) is 3.24. The Balaban J connectivity index is 1.97. The number of carbonyl (C=O) groups excluding carboxylic acids is 1. The van der Waals surface area contributed by atoms with Crippen molar-refractivity contribution < 1.29 is 14.3 Å². The molecule has 0 saturated carbocycles. The molecular formula is C13H18N2O3. The molecule has 1 aliphatic heterocycles. The Labute approximate surface area is 107 Å². The molecule has 98 valence electrons. The van der Waals surface area contributed by atoms with Crippen LogP contribution in [0, 0.1) is 5.92 Å². The molecule has 5 heteroatoms. The van der Waals surface area contributed by atoms with E-state index in [1.54, 1.807) is 13.3 Å². The minimum atomic E-state index is -0.115. The first-order valence-electron chi connectivity index (χ1n) is 6.02. The first-order valence-corrected chi connectivity index (χ1v) is 6.02. The summed E-state index contributed by atoms with van der Waals surface area (Å²) in [6.07, 6.45) is 2.57. The number of pyridine rings is 1. The van der Waals surface area contributed by atoms with Crippen molar-refractivity contribution in [2.75, 3.05) is 27.3 Å². The van der Waals surface area contributed by atoms with Crippen LogP contribution in [0.1, 0.15) is 12.0 Å². The monoisotopic (exact) mass is 250 g/mol. The Kier molecular flexibility index (Phi) is 4.15. The van der Waals surface area contributed by atoms with Crippen LogP contribution in [0.15, 0.2) is 18.3 Å². The molecule has 0 bridgehead atoms. The van der Waals surface area contributed by atoms with Gasteiger partial charge in [0.15, 0.2) is 0 Å². The number of hydrogen-bond donors (Lipinski definition) is 0. The molecule has 1 fully saturated rings. The zero-order valence-corrected chi connectivity index (χ0v) is 10.8. The summed E-state index contributed by atoms with van der Waals surface area (Å²) in [4.78, 5) is 17.8. The topological polar surface area (TPSA) is 51.7 Å². The molecule has 1 aromatic heterocycles. The number of likely N-dealkylation sites (tertiary alicyclic amines) is 1. The van der Waals surface area contributed by atoms with Crippen LogP contribution in [-0.2, 0) is 16.1 Å². The summed E-state index contributed by atoms with van der Waals surface area (Å²) < 4.78 is 10.00. The SMILES string of the molecule is COC(=O)C1CCN(Cc2cccnc2OC)C1. The van der Waals surface area contributed by atoms with Gasteiger partial charge in [-0.1, -0.05) is 6.07 Å². The third kappa shape index (κ3) is 2.79. The summed E-state index contributed by atoms with van der Waals surface area (Å²) in [7, 11) is 3.06. The van der Waals surface area contributed by atoms with E-state index in [0.717, 1.165) is 31.6 Å². The van der Waals surface area contributed by atoms with Gasteiger partial charge in [0, 0.05) is 24.8 Å². The van der Waals surface area contributed by atoms with Gasteiger partial charge in [0.25, 0.3) is 0 Å². The Morgan fingerprint density at radius 2 is 2.39 bits per heavy atom. The molecule has 0 aromatic carbocycles. The fourth-order valence-corrected chi connectivity index (χ4v) is 2.30. The highest BCUT2D eigenvalue weighted by Crippen LogP contribution is 2.22. The molecule has 2 rings (SSSR count). The largest absolute Gasteiger partial charge is 0.481 e. The van der Waals surface area contributed by atoms with E-state index >= 15 is 0 Å². The van der Waals surface area contributed by atoms with Gasteiger partial charge in [-0.15, -0.1) is 0 Å². The fourth-order valence-electron chi connectivity index (χ4n) is 2.30. The second kappa shape index (κ2) is 5.82. The summed E-state index contributed by atoms with van der Waals surface area (Å²) in [5.74, 6) is 0.535. The Morgan fingerprint density at radius 3 is 3.11 bits per heavy atom. The van der Waals surface area contributed by atoms with E-state index in [2.05, 4.69) is 9.88 Å². The van der Waals surface area contributed by atoms with Gasteiger partial charge in [0.1, 0.15) is 0 Å². The minimum Gasteiger partial charge on any atom is -0.481 e. The summed E-state index contributed by atoms with van der Waals surface area (Å²) in [5.41, 5.74) is 1.05. The molecule has 5 nitrogen and oxygen atoms in total. The zero-order chi connectivity index (χ0) is 13.0. The van der Waals surface area contributed by atoms with E-state index in [1.807, 2.05) is 12.1 Å². The van der Waals surface area contributed by atoms with Gasteiger partial charge in [-0.05, 0) is 19.0 Å². The van der Waals surface area contributed by atoms with Gasteiger partial charge >= 0.3 is 5.97 Å². The van der Waals surface area contributed by atoms with Gasteiger partial charge in [-0.2, -0.15) is 0 Å². The number of carbonyl (C=O) groups is 1. The maximum atomic E-state index is 11.4. The van der Waals surface area contributed by atoms with Crippen LogP contribution in [0.3, 0.4) is 0 Å². The fraction of sp³-hybridized carbons (Fsp3) is 0.538. The van der Waals surface area contributed by atoms with Gasteiger partial charge in [0.05, 0.1) is 20.1 Å². The Morgan fingerprint density at radius 1 is 1.56 bits per heavy atom. The average molecular weight is 250 g/mol. The van der Waals surface area contributed by atoms with Crippen molar-refractivity contribution in [2.24, 2.45) is 5.92 Å². The number of rotatable bonds is 4. The van der Waals surface area contributed by atoms with Crippen molar-refractivity contribution >= 4 is 5.97 Å². The molecule has 1 atom stereocenters. The second-order valence-electron chi connectivity index (χ2n) is 4.42. The van der Waals surface area contributed by atoms with E-state index in [0.29, 0.717) is 5.88 Å². The second-order valence-corrected chi connectivity index (χ2v) is 4.42. The van der Waals surface area contributed by atoms with Gasteiger partial charge in [0.2, 0.25) is 5.88 Å². The highest BCUT2D eigenvalue weighted by atomic mass is 16.5. The standard InChI is InChI=1S/C13H18N2O3/c1-17-12-10(4-3-6-14-12)8-15-7-5-11(9-15)13(16)18-2/h3-4,6,11H,5,7-9H2,1-2H3. The van der Waals surface area contributed by atoms with Crippen LogP contribution in [0.25, 0.3) is 0 Å². The summed E-state index contributed by atoms with van der Waals surface area (Å²) in [5, 5.41) is 0. The van der Waals surface area contributed by atoms with Crippen LogP contribution < -0.4 is 4.74 Å². The molecule has 1 unspecified atom stereocenters. The molecule has 1 saturated heterocycles. The van der Waals surface area contributed by atoms with Crippen LogP contribution in [-0.4, -0.2) is 43.2 Å². The minimum absolute atomic E-state index is 0.00216. The lowest BCUT2D eigenvalue weighted by atomic mass is 10.1. The van der Waals surface area contributed by atoms with E-state index in [-0.39, 0.29) is 11.9 Å². The van der Waals surface area contributed by atoms with E-state index in [9.17, 15) is 4.79 Å². The number of methoxy groups -OCH3 is 2. The maximum Gasteiger partial charge on any atom is 0.310 e. The normalized spacial score (nSPS) is 19.8. The van der Waals surface area contributed by atoms with Crippen molar-refractivity contribution in [3.63, 3.8) is 0 Å². The summed E-state index contributed by atoms with van der Waals surface area (Å²) in [6, 6.07) is 3.89. The molecule has 0 spiro atoms. The van der Waals surface area contributed by atoms with Gasteiger partial charge in [-0.25, -0.2) is 4.98 Å². The van der Waals surface area contributed by atoms with Crippen molar-refractivity contribution in [2.45, 2.75) is 13.0 Å². The number of esters is 1. The van der Waals surface area contributed by atoms with Crippen molar-refractivity contribution in [1.29, 1.82) is 0 Å². The first kappa shape index (κ1) is 12.8. The van der Waals surface area contributed by atoms with Crippen molar-refractivity contribution in [3.05, 3.63) is 23.9 Å². The molecule has 18 heavy (non-hydrogen) atoms. The van der Waals surface area contributed by atoms with Crippen LogP contribution in [0.4, 0.5) is 0 Å². The molecule has 0 amide bonds. The number of hydrogen-bond acceptors (Lipinski definition) is 5.